The minimum absolute atomic E-state index is 0.0559. The molecule has 2 aliphatic heterocycles. The smallest absolute Gasteiger partial charge is 0.255 e. The number of aryl methyl sites for hydroxylation is 1. The molecule has 9 heteroatoms. The number of nitrogens with zero attached hydrogens (tertiary/aromatic N) is 3. The third-order valence-electron chi connectivity index (χ3n) is 7.36. The maximum Gasteiger partial charge on any atom is 0.255 e. The lowest BCUT2D eigenvalue weighted by Crippen LogP contribution is -2.55. The highest BCUT2D eigenvalue weighted by Crippen LogP contribution is 2.30. The monoisotopic (exact) mass is 516 g/mol. The van der Waals surface area contributed by atoms with Gasteiger partial charge in [0.05, 0.1) is 11.8 Å². The maximum absolute atomic E-state index is 13.8. The third kappa shape index (κ3) is 4.81. The zero-order valence-electron chi connectivity index (χ0n) is 21.8. The summed E-state index contributed by atoms with van der Waals surface area (Å²) in [6.07, 6.45) is 0.753. The van der Waals surface area contributed by atoms with Gasteiger partial charge in [0.15, 0.2) is 12.2 Å². The molecule has 1 fully saturated rings. The molecular formula is C29H32N4O5. The van der Waals surface area contributed by atoms with Crippen molar-refractivity contribution in [3.63, 3.8) is 0 Å². The van der Waals surface area contributed by atoms with Crippen molar-refractivity contribution in [2.24, 2.45) is 5.92 Å². The number of oxazole rings is 1. The molecule has 3 amide bonds. The van der Waals surface area contributed by atoms with Crippen LogP contribution < -0.4 is 5.32 Å². The van der Waals surface area contributed by atoms with Gasteiger partial charge in [0.25, 0.3) is 5.91 Å². The minimum atomic E-state index is -0.810. The molecule has 1 saturated heterocycles. The number of likely N-dealkylation sites (tertiary alicyclic amines) is 1. The fourth-order valence-electron chi connectivity index (χ4n) is 5.42. The van der Waals surface area contributed by atoms with Crippen molar-refractivity contribution in [2.45, 2.75) is 58.5 Å². The lowest BCUT2D eigenvalue weighted by Gasteiger charge is -2.35. The number of benzene rings is 2. The van der Waals surface area contributed by atoms with Gasteiger partial charge in [-0.1, -0.05) is 56.3 Å². The predicted molar refractivity (Wildman–Crippen MR) is 140 cm³/mol. The first-order chi connectivity index (χ1) is 18.2. The number of rotatable bonds is 7. The van der Waals surface area contributed by atoms with E-state index in [0.717, 1.165) is 22.4 Å². The third-order valence-corrected chi connectivity index (χ3v) is 7.36. The Morgan fingerprint density at radius 3 is 2.55 bits per heavy atom. The summed E-state index contributed by atoms with van der Waals surface area (Å²) in [5, 5.41) is 13.3. The highest BCUT2D eigenvalue weighted by Gasteiger charge is 2.45. The second-order valence-corrected chi connectivity index (χ2v) is 10.4. The first kappa shape index (κ1) is 25.7. The molecule has 3 heterocycles. The molecular weight excluding hydrogens is 484 g/mol. The van der Waals surface area contributed by atoms with Gasteiger partial charge in [0.2, 0.25) is 11.8 Å². The van der Waals surface area contributed by atoms with Crippen molar-refractivity contribution >= 4 is 17.7 Å². The summed E-state index contributed by atoms with van der Waals surface area (Å²) in [6.45, 7) is 6.34. The Balaban J connectivity index is 1.27. The molecule has 0 saturated carbocycles. The molecule has 0 aliphatic carbocycles. The molecule has 0 radical (unpaired) electrons. The molecule has 1 aromatic heterocycles. The average molecular weight is 517 g/mol. The lowest BCUT2D eigenvalue weighted by molar-refractivity contribution is -0.143. The van der Waals surface area contributed by atoms with Gasteiger partial charge >= 0.3 is 0 Å². The van der Waals surface area contributed by atoms with Crippen LogP contribution in [0.2, 0.25) is 0 Å². The van der Waals surface area contributed by atoms with Gasteiger partial charge in [-0.25, -0.2) is 4.98 Å². The molecule has 0 spiro atoms. The standard InChI is InChI=1S/C29H32N4O5/c1-17(2)25(33-14-21-6-4-5-7-23(21)28(33)36)29(37)32-15-22(34)12-24(32)27(35)30-13-19-8-10-20(11-9-19)26-18(3)31-16-38-26/h4-11,16-17,22,24-25,34H,12-15H2,1-3H3,(H,30,35)/t22-,24+,25+/m1/s1. The summed E-state index contributed by atoms with van der Waals surface area (Å²) in [5.74, 6) is -0.298. The molecule has 2 aromatic carbocycles. The second-order valence-electron chi connectivity index (χ2n) is 10.4. The number of fused-ring (bicyclic) bond motifs is 1. The number of β-amino-alcohol motifs (C(OH)–C–C–N with tert-alkyl or cyclic N) is 1. The number of aliphatic hydroxyl groups excluding tert-OH is 1. The number of aromatic nitrogens is 1. The highest BCUT2D eigenvalue weighted by molar-refractivity contribution is 6.01. The van der Waals surface area contributed by atoms with Crippen molar-refractivity contribution in [1.29, 1.82) is 0 Å². The number of nitrogens with one attached hydrogen (secondary N) is 1. The highest BCUT2D eigenvalue weighted by atomic mass is 16.3. The molecule has 5 rings (SSSR count). The summed E-state index contributed by atoms with van der Waals surface area (Å²) >= 11 is 0. The lowest BCUT2D eigenvalue weighted by atomic mass is 10.0. The van der Waals surface area contributed by atoms with Crippen LogP contribution in [0.15, 0.2) is 59.3 Å². The number of aliphatic hydroxyl groups is 1. The van der Waals surface area contributed by atoms with Gasteiger partial charge in [0, 0.05) is 37.2 Å². The van der Waals surface area contributed by atoms with Crippen LogP contribution in [0.5, 0.6) is 0 Å². The number of amides is 3. The normalized spacial score (nSPS) is 19.7. The van der Waals surface area contributed by atoms with E-state index in [1.165, 1.54) is 11.3 Å². The van der Waals surface area contributed by atoms with Gasteiger partial charge in [-0.3, -0.25) is 14.4 Å². The molecule has 2 aliphatic rings. The zero-order chi connectivity index (χ0) is 27.0. The summed E-state index contributed by atoms with van der Waals surface area (Å²) in [4.78, 5) is 47.3. The Bertz CT molecular complexity index is 1350. The van der Waals surface area contributed by atoms with E-state index < -0.39 is 18.2 Å². The largest absolute Gasteiger partial charge is 0.443 e. The van der Waals surface area contributed by atoms with Crippen LogP contribution in [0, 0.1) is 12.8 Å². The molecule has 198 valence electrons. The van der Waals surface area contributed by atoms with E-state index in [9.17, 15) is 19.5 Å². The van der Waals surface area contributed by atoms with E-state index in [1.807, 2.05) is 63.2 Å². The minimum Gasteiger partial charge on any atom is -0.443 e. The molecule has 38 heavy (non-hydrogen) atoms. The van der Waals surface area contributed by atoms with E-state index in [2.05, 4.69) is 10.3 Å². The number of hydrogen-bond donors (Lipinski definition) is 2. The summed E-state index contributed by atoms with van der Waals surface area (Å²) in [6, 6.07) is 13.4. The Kier molecular flexibility index (Phi) is 7.03. The first-order valence-corrected chi connectivity index (χ1v) is 12.9. The second kappa shape index (κ2) is 10.4. The Labute approximate surface area is 221 Å². The van der Waals surface area contributed by atoms with Gasteiger partial charge in [-0.2, -0.15) is 0 Å². The summed E-state index contributed by atoms with van der Waals surface area (Å²) < 4.78 is 5.43. The van der Waals surface area contributed by atoms with Crippen LogP contribution in [0.3, 0.4) is 0 Å². The van der Waals surface area contributed by atoms with E-state index in [-0.39, 0.29) is 43.1 Å². The average Bonchev–Trinajstić information content (AvgIpc) is 3.60. The Morgan fingerprint density at radius 2 is 1.89 bits per heavy atom. The van der Waals surface area contributed by atoms with Crippen LogP contribution >= 0.6 is 0 Å². The zero-order valence-corrected chi connectivity index (χ0v) is 21.8. The predicted octanol–water partition coefficient (Wildman–Crippen LogP) is 2.91. The number of carbonyl (C=O) groups is 3. The van der Waals surface area contributed by atoms with Gasteiger partial charge < -0.3 is 24.6 Å². The number of carbonyl (C=O) groups excluding carboxylic acids is 3. The van der Waals surface area contributed by atoms with Crippen LogP contribution in [-0.2, 0) is 22.7 Å². The van der Waals surface area contributed by atoms with Crippen molar-refractivity contribution < 1.29 is 23.9 Å². The van der Waals surface area contributed by atoms with Crippen molar-refractivity contribution in [2.75, 3.05) is 6.54 Å². The summed E-state index contributed by atoms with van der Waals surface area (Å²) in [5.41, 5.74) is 4.07. The number of hydrogen-bond acceptors (Lipinski definition) is 6. The van der Waals surface area contributed by atoms with E-state index in [4.69, 9.17) is 4.42 Å². The molecule has 2 N–H and O–H groups in total. The topological polar surface area (TPSA) is 116 Å². The fourth-order valence-corrected chi connectivity index (χ4v) is 5.42. The van der Waals surface area contributed by atoms with Crippen molar-refractivity contribution in [1.82, 2.24) is 20.1 Å². The van der Waals surface area contributed by atoms with Crippen LogP contribution in [0.1, 0.15) is 47.4 Å². The molecule has 0 bridgehead atoms. The fraction of sp³-hybridized carbons (Fsp3) is 0.379. The van der Waals surface area contributed by atoms with Crippen molar-refractivity contribution in [3.05, 3.63) is 77.3 Å². The molecule has 3 atom stereocenters. The van der Waals surface area contributed by atoms with Crippen LogP contribution in [0.4, 0.5) is 0 Å². The van der Waals surface area contributed by atoms with Crippen LogP contribution in [-0.4, -0.2) is 62.3 Å². The van der Waals surface area contributed by atoms with Gasteiger partial charge in [0.1, 0.15) is 12.1 Å². The summed E-state index contributed by atoms with van der Waals surface area (Å²) in [7, 11) is 0. The van der Waals surface area contributed by atoms with E-state index in [0.29, 0.717) is 17.9 Å². The van der Waals surface area contributed by atoms with Gasteiger partial charge in [-0.15, -0.1) is 0 Å². The van der Waals surface area contributed by atoms with E-state index in [1.54, 1.807) is 11.0 Å². The molecule has 3 aromatic rings. The molecule has 0 unspecified atom stereocenters. The SMILES string of the molecule is Cc1ncoc1-c1ccc(CNC(=O)[C@@H]2C[C@@H](O)CN2C(=O)[C@H](C(C)C)N2Cc3ccccc3C2=O)cc1. The van der Waals surface area contributed by atoms with E-state index >= 15 is 0 Å². The van der Waals surface area contributed by atoms with Crippen molar-refractivity contribution in [3.8, 4) is 11.3 Å². The van der Waals surface area contributed by atoms with Gasteiger partial charge in [-0.05, 0) is 30.0 Å². The Morgan fingerprint density at radius 1 is 1.16 bits per heavy atom. The maximum atomic E-state index is 13.8. The Hall–Kier alpha value is -3.98. The molecule has 9 nitrogen and oxygen atoms in total. The van der Waals surface area contributed by atoms with Crippen LogP contribution in [0.25, 0.3) is 11.3 Å². The first-order valence-electron chi connectivity index (χ1n) is 12.9. The quantitative estimate of drug-likeness (QED) is 0.499.